The smallest absolute Gasteiger partial charge is 0.338 e. The van der Waals surface area contributed by atoms with Gasteiger partial charge in [-0.15, -0.1) is 0 Å². The van der Waals surface area contributed by atoms with Crippen LogP contribution in [-0.4, -0.2) is 22.9 Å². The van der Waals surface area contributed by atoms with Crippen molar-refractivity contribution in [1.82, 2.24) is 0 Å². The Labute approximate surface area is 146 Å². The van der Waals surface area contributed by atoms with Crippen molar-refractivity contribution in [3.8, 4) is 0 Å². The summed E-state index contributed by atoms with van der Waals surface area (Å²) in [6.07, 6.45) is 1.95. The Morgan fingerprint density at radius 2 is 1.50 bits per heavy atom. The second-order valence-corrected chi connectivity index (χ2v) is 6.73. The zero-order valence-corrected chi connectivity index (χ0v) is 14.6. The first-order chi connectivity index (χ1) is 11.6. The average molecular weight is 340 g/mol. The highest BCUT2D eigenvalue weighted by molar-refractivity contribution is 8.14. The van der Waals surface area contributed by atoms with Crippen molar-refractivity contribution in [1.29, 1.82) is 0 Å². The number of hydrogen-bond acceptors (Lipinski definition) is 4. The summed E-state index contributed by atoms with van der Waals surface area (Å²) in [6, 6.07) is 17.9. The second-order valence-electron chi connectivity index (χ2n) is 5.52. The molecule has 1 atom stereocenters. The summed E-state index contributed by atoms with van der Waals surface area (Å²) in [5, 5.41) is -0.246. The van der Waals surface area contributed by atoms with Gasteiger partial charge in [-0.05, 0) is 26.0 Å². The summed E-state index contributed by atoms with van der Waals surface area (Å²) in [5.74, 6) is -0.379. The Hall–Kier alpha value is -2.33. The Morgan fingerprint density at radius 1 is 0.958 bits per heavy atom. The van der Waals surface area contributed by atoms with Gasteiger partial charge in [0.1, 0.15) is 6.61 Å². The van der Waals surface area contributed by atoms with E-state index < -0.39 is 0 Å². The van der Waals surface area contributed by atoms with Crippen LogP contribution < -0.4 is 0 Å². The molecule has 0 N–H and O–H groups in total. The van der Waals surface area contributed by atoms with Crippen molar-refractivity contribution in [2.45, 2.75) is 19.1 Å². The van der Waals surface area contributed by atoms with Crippen molar-refractivity contribution in [2.24, 2.45) is 0 Å². The number of hydrogen-bond donors (Lipinski definition) is 0. The zero-order chi connectivity index (χ0) is 17.4. The number of rotatable bonds is 6. The third kappa shape index (κ3) is 5.70. The quantitative estimate of drug-likeness (QED) is 0.562. The summed E-state index contributed by atoms with van der Waals surface area (Å²) in [5.41, 5.74) is 2.22. The molecule has 0 aliphatic carbocycles. The van der Waals surface area contributed by atoms with Crippen LogP contribution in [0.1, 0.15) is 34.6 Å². The maximum Gasteiger partial charge on any atom is 0.338 e. The van der Waals surface area contributed by atoms with Gasteiger partial charge < -0.3 is 4.74 Å². The maximum absolute atomic E-state index is 12.3. The number of benzene rings is 2. The molecule has 0 aromatic heterocycles. The molecule has 0 aliphatic rings. The van der Waals surface area contributed by atoms with Crippen LogP contribution in [0.15, 0.2) is 72.3 Å². The van der Waals surface area contributed by atoms with Crippen molar-refractivity contribution < 1.29 is 14.3 Å². The van der Waals surface area contributed by atoms with E-state index in [1.807, 2.05) is 44.2 Å². The predicted molar refractivity (Wildman–Crippen MR) is 98.3 cm³/mol. The molecule has 0 amide bonds. The molecular weight excluding hydrogens is 320 g/mol. The minimum Gasteiger partial charge on any atom is -0.461 e. The SMILES string of the molecule is CC(C)=CC(COC(=O)c1ccccc1)SC(=O)c1ccccc1. The molecule has 0 saturated heterocycles. The fourth-order valence-corrected chi connectivity index (χ4v) is 3.11. The number of carbonyl (C=O) groups excluding carboxylic acids is 2. The molecule has 0 bridgehead atoms. The van der Waals surface area contributed by atoms with Crippen molar-refractivity contribution in [2.75, 3.05) is 6.61 Å². The summed E-state index contributed by atoms with van der Waals surface area (Å²) in [6.45, 7) is 4.07. The molecule has 0 radical (unpaired) electrons. The molecule has 0 heterocycles. The fourth-order valence-electron chi connectivity index (χ4n) is 2.08. The van der Waals surface area contributed by atoms with Crippen LogP contribution in [0.3, 0.4) is 0 Å². The maximum atomic E-state index is 12.3. The van der Waals surface area contributed by atoms with Gasteiger partial charge in [-0.3, -0.25) is 4.79 Å². The lowest BCUT2D eigenvalue weighted by Gasteiger charge is -2.13. The fraction of sp³-hybridized carbons (Fsp3) is 0.200. The number of carbonyl (C=O) groups is 2. The van der Waals surface area contributed by atoms with E-state index in [-0.39, 0.29) is 22.9 Å². The van der Waals surface area contributed by atoms with Crippen molar-refractivity contribution in [3.05, 3.63) is 83.4 Å². The van der Waals surface area contributed by atoms with Gasteiger partial charge in [-0.2, -0.15) is 0 Å². The van der Waals surface area contributed by atoms with Gasteiger partial charge in [0.15, 0.2) is 0 Å². The molecule has 0 aliphatic heterocycles. The van der Waals surface area contributed by atoms with Crippen LogP contribution in [0.4, 0.5) is 0 Å². The summed E-state index contributed by atoms with van der Waals surface area (Å²) >= 11 is 1.17. The Balaban J connectivity index is 2.00. The van der Waals surface area contributed by atoms with Gasteiger partial charge in [0.25, 0.3) is 0 Å². The summed E-state index contributed by atoms with van der Waals surface area (Å²) in [4.78, 5) is 24.4. The molecule has 4 heteroatoms. The third-order valence-corrected chi connectivity index (χ3v) is 4.20. The van der Waals surface area contributed by atoms with E-state index in [9.17, 15) is 9.59 Å². The highest BCUT2D eigenvalue weighted by Crippen LogP contribution is 2.21. The first-order valence-electron chi connectivity index (χ1n) is 7.69. The first-order valence-corrected chi connectivity index (χ1v) is 8.57. The lowest BCUT2D eigenvalue weighted by Crippen LogP contribution is -2.16. The van der Waals surface area contributed by atoms with Crippen LogP contribution >= 0.6 is 11.8 Å². The van der Waals surface area contributed by atoms with Gasteiger partial charge in [0.2, 0.25) is 5.12 Å². The Bertz CT molecular complexity index is 704. The molecule has 1 unspecified atom stereocenters. The van der Waals surface area contributed by atoms with E-state index in [2.05, 4.69) is 0 Å². The van der Waals surface area contributed by atoms with E-state index in [0.717, 1.165) is 5.57 Å². The predicted octanol–water partition coefficient (Wildman–Crippen LogP) is 4.75. The second kappa shape index (κ2) is 9.08. The van der Waals surface area contributed by atoms with E-state index in [0.29, 0.717) is 11.1 Å². The van der Waals surface area contributed by atoms with Crippen LogP contribution in [0.25, 0.3) is 0 Å². The van der Waals surface area contributed by atoms with E-state index >= 15 is 0 Å². The van der Waals surface area contributed by atoms with Crippen LogP contribution in [0.2, 0.25) is 0 Å². The first kappa shape index (κ1) is 18.0. The van der Waals surface area contributed by atoms with Crippen molar-refractivity contribution in [3.63, 3.8) is 0 Å². The van der Waals surface area contributed by atoms with Crippen LogP contribution in [0, 0.1) is 0 Å². The van der Waals surface area contributed by atoms with Crippen LogP contribution in [0.5, 0.6) is 0 Å². The monoisotopic (exact) mass is 340 g/mol. The number of thioether (sulfide) groups is 1. The number of esters is 1. The molecule has 24 heavy (non-hydrogen) atoms. The minimum atomic E-state index is -0.379. The largest absolute Gasteiger partial charge is 0.461 e. The van der Waals surface area contributed by atoms with Gasteiger partial charge in [-0.1, -0.05) is 71.9 Å². The van der Waals surface area contributed by atoms with Gasteiger partial charge in [-0.25, -0.2) is 4.79 Å². The third-order valence-electron chi connectivity index (χ3n) is 3.18. The Kier molecular flexibility index (Phi) is 6.82. The Morgan fingerprint density at radius 3 is 2.04 bits per heavy atom. The lowest BCUT2D eigenvalue weighted by atomic mass is 10.2. The minimum absolute atomic E-state index is 0.0335. The molecule has 0 saturated carbocycles. The highest BCUT2D eigenvalue weighted by atomic mass is 32.2. The molecule has 2 rings (SSSR count). The van der Waals surface area contributed by atoms with E-state index in [1.54, 1.807) is 36.4 Å². The number of ether oxygens (including phenoxy) is 1. The molecule has 0 fully saturated rings. The van der Waals surface area contributed by atoms with Crippen molar-refractivity contribution >= 4 is 22.8 Å². The molecule has 3 nitrogen and oxygen atoms in total. The van der Waals surface area contributed by atoms with Gasteiger partial charge >= 0.3 is 5.97 Å². The van der Waals surface area contributed by atoms with Crippen LogP contribution in [-0.2, 0) is 4.74 Å². The number of allylic oxidation sites excluding steroid dienone is 1. The standard InChI is InChI=1S/C20H20O3S/c1-15(2)13-18(24-20(22)17-11-7-4-8-12-17)14-23-19(21)16-9-5-3-6-10-16/h3-13,18H,14H2,1-2H3. The van der Waals surface area contributed by atoms with E-state index in [4.69, 9.17) is 4.74 Å². The molecule has 2 aromatic rings. The molecule has 2 aromatic carbocycles. The molecule has 124 valence electrons. The normalized spacial score (nSPS) is 11.4. The highest BCUT2D eigenvalue weighted by Gasteiger charge is 2.17. The van der Waals surface area contributed by atoms with Gasteiger partial charge in [0, 0.05) is 5.56 Å². The average Bonchev–Trinajstić information content (AvgIpc) is 2.60. The van der Waals surface area contributed by atoms with Gasteiger partial charge in [0.05, 0.1) is 10.8 Å². The topological polar surface area (TPSA) is 43.4 Å². The lowest BCUT2D eigenvalue weighted by molar-refractivity contribution is 0.0515. The summed E-state index contributed by atoms with van der Waals surface area (Å²) in [7, 11) is 0. The zero-order valence-electron chi connectivity index (χ0n) is 13.8. The molecular formula is C20H20O3S. The summed E-state index contributed by atoms with van der Waals surface area (Å²) < 4.78 is 5.37. The molecule has 0 spiro atoms. The van der Waals surface area contributed by atoms with E-state index in [1.165, 1.54) is 11.8 Å².